The molecule has 0 saturated carbocycles. The summed E-state index contributed by atoms with van der Waals surface area (Å²) < 4.78 is 1.04. The zero-order valence-corrected chi connectivity index (χ0v) is 15.1. The van der Waals surface area contributed by atoms with Gasteiger partial charge in [0.2, 0.25) is 0 Å². The molecule has 1 saturated heterocycles. The van der Waals surface area contributed by atoms with Crippen molar-refractivity contribution in [2.24, 2.45) is 5.92 Å². The summed E-state index contributed by atoms with van der Waals surface area (Å²) in [4.78, 5) is 18.9. The number of hydrogen-bond acceptors (Lipinski definition) is 6. The van der Waals surface area contributed by atoms with Crippen LogP contribution in [0.3, 0.4) is 0 Å². The van der Waals surface area contributed by atoms with Gasteiger partial charge in [-0.1, -0.05) is 0 Å². The van der Waals surface area contributed by atoms with Crippen LogP contribution >= 0.6 is 11.3 Å². The number of thiazole rings is 1. The number of rotatable bonds is 4. The molecule has 3 aromatic rings. The molecule has 0 atom stereocenters. The third-order valence-electron chi connectivity index (χ3n) is 5.23. The molecule has 7 heteroatoms. The summed E-state index contributed by atoms with van der Waals surface area (Å²) in [5, 5.41) is 11.8. The van der Waals surface area contributed by atoms with Crippen LogP contribution in [0.1, 0.15) is 28.0 Å². The Labute approximate surface area is 155 Å². The van der Waals surface area contributed by atoms with Gasteiger partial charge in [-0.3, -0.25) is 4.79 Å². The van der Waals surface area contributed by atoms with E-state index in [1.54, 1.807) is 16.8 Å². The number of nitrogens with one attached hydrogen (secondary N) is 1. The highest BCUT2D eigenvalue weighted by molar-refractivity contribution is 7.16. The first kappa shape index (κ1) is 15.7. The molecule has 2 aliphatic rings. The molecule has 1 aliphatic heterocycles. The van der Waals surface area contributed by atoms with Gasteiger partial charge in [0.05, 0.1) is 21.4 Å². The van der Waals surface area contributed by atoms with Crippen LogP contribution in [0.2, 0.25) is 0 Å². The second-order valence-corrected chi connectivity index (χ2v) is 7.93. The fourth-order valence-electron chi connectivity index (χ4n) is 3.69. The molecule has 26 heavy (non-hydrogen) atoms. The lowest BCUT2D eigenvalue weighted by Crippen LogP contribution is -2.52. The quantitative estimate of drug-likeness (QED) is 0.769. The van der Waals surface area contributed by atoms with Crippen molar-refractivity contribution in [1.82, 2.24) is 20.5 Å². The number of nitrogens with zero attached hydrogens (tertiary/aromatic N) is 4. The normalized spacial score (nSPS) is 16.5. The van der Waals surface area contributed by atoms with Crippen LogP contribution in [0.15, 0.2) is 29.8 Å². The Balaban J connectivity index is 1.16. The number of anilines is 1. The van der Waals surface area contributed by atoms with Crippen molar-refractivity contribution in [2.45, 2.75) is 19.3 Å². The van der Waals surface area contributed by atoms with E-state index in [1.165, 1.54) is 12.0 Å². The zero-order valence-electron chi connectivity index (χ0n) is 14.3. The number of aryl methyl sites for hydroxylation is 2. The lowest BCUT2D eigenvalue weighted by atomic mass is 10.00. The van der Waals surface area contributed by atoms with Gasteiger partial charge in [-0.15, -0.1) is 16.4 Å². The molecule has 2 aromatic heterocycles. The van der Waals surface area contributed by atoms with Gasteiger partial charge in [-0.05, 0) is 49.1 Å². The minimum atomic E-state index is -0.0175. The van der Waals surface area contributed by atoms with Crippen LogP contribution in [0.25, 0.3) is 10.2 Å². The second kappa shape index (κ2) is 6.32. The van der Waals surface area contributed by atoms with E-state index in [4.69, 9.17) is 0 Å². The smallest absolute Gasteiger partial charge is 0.251 e. The Morgan fingerprint density at radius 3 is 3.08 bits per heavy atom. The molecule has 1 amide bonds. The molecule has 5 rings (SSSR count). The number of hydrogen-bond donors (Lipinski definition) is 1. The van der Waals surface area contributed by atoms with Crippen molar-refractivity contribution in [3.63, 3.8) is 0 Å². The first-order valence-corrected chi connectivity index (χ1v) is 9.86. The number of carbonyl (C=O) groups excluding carboxylic acids is 1. The monoisotopic (exact) mass is 365 g/mol. The molecule has 1 aliphatic carbocycles. The Morgan fingerprint density at radius 1 is 1.23 bits per heavy atom. The van der Waals surface area contributed by atoms with Crippen molar-refractivity contribution < 1.29 is 4.79 Å². The van der Waals surface area contributed by atoms with E-state index >= 15 is 0 Å². The predicted octanol–water partition coefficient (Wildman–Crippen LogP) is 2.44. The van der Waals surface area contributed by atoms with E-state index in [0.717, 1.165) is 47.7 Å². The SMILES string of the molecule is O=C(NCC1CN(c2cc3c(nn2)CCC3)C1)c1ccc2ncsc2c1. The molecule has 132 valence electrons. The molecule has 0 radical (unpaired) electrons. The average Bonchev–Trinajstić information content (AvgIpc) is 3.27. The topological polar surface area (TPSA) is 71.0 Å². The molecule has 0 spiro atoms. The maximum absolute atomic E-state index is 12.4. The first-order chi connectivity index (χ1) is 12.8. The third kappa shape index (κ3) is 2.82. The Kier molecular flexibility index (Phi) is 3.81. The number of amides is 1. The van der Waals surface area contributed by atoms with Gasteiger partial charge in [0.1, 0.15) is 0 Å². The number of carbonyl (C=O) groups is 1. The van der Waals surface area contributed by atoms with Gasteiger partial charge in [0.25, 0.3) is 5.91 Å². The van der Waals surface area contributed by atoms with Crippen molar-refractivity contribution in [3.05, 3.63) is 46.6 Å². The van der Waals surface area contributed by atoms with Crippen LogP contribution in [0.4, 0.5) is 5.82 Å². The van der Waals surface area contributed by atoms with Crippen LogP contribution in [0, 0.1) is 5.92 Å². The summed E-state index contributed by atoms with van der Waals surface area (Å²) in [7, 11) is 0. The van der Waals surface area contributed by atoms with E-state index in [1.807, 2.05) is 18.2 Å². The van der Waals surface area contributed by atoms with E-state index in [9.17, 15) is 4.79 Å². The Bertz CT molecular complexity index is 979. The average molecular weight is 365 g/mol. The predicted molar refractivity (Wildman–Crippen MR) is 102 cm³/mol. The minimum absolute atomic E-state index is 0.0175. The fourth-order valence-corrected chi connectivity index (χ4v) is 4.41. The molecule has 3 heterocycles. The van der Waals surface area contributed by atoms with Crippen LogP contribution in [-0.4, -0.2) is 40.7 Å². The Morgan fingerprint density at radius 2 is 2.15 bits per heavy atom. The largest absolute Gasteiger partial charge is 0.354 e. The molecule has 1 fully saturated rings. The third-order valence-corrected chi connectivity index (χ3v) is 6.02. The maximum atomic E-state index is 12.4. The molecule has 1 aromatic carbocycles. The summed E-state index contributed by atoms with van der Waals surface area (Å²) in [6.45, 7) is 2.53. The Hall–Kier alpha value is -2.54. The highest BCUT2D eigenvalue weighted by Gasteiger charge is 2.29. The van der Waals surface area contributed by atoms with Crippen molar-refractivity contribution in [1.29, 1.82) is 0 Å². The standard InChI is InChI=1S/C19H19N5OS/c25-19(14-4-5-16-17(6-14)26-11-21-16)20-8-12-9-24(10-12)18-7-13-2-1-3-15(13)22-23-18/h4-7,11-12H,1-3,8-10H2,(H,20,25). The molecular weight excluding hydrogens is 346 g/mol. The number of aromatic nitrogens is 3. The number of benzene rings is 1. The first-order valence-electron chi connectivity index (χ1n) is 8.98. The van der Waals surface area contributed by atoms with Gasteiger partial charge in [-0.25, -0.2) is 4.98 Å². The second-order valence-electron chi connectivity index (χ2n) is 7.04. The summed E-state index contributed by atoms with van der Waals surface area (Å²) in [5.74, 6) is 1.42. The van der Waals surface area contributed by atoms with Gasteiger partial charge >= 0.3 is 0 Å². The van der Waals surface area contributed by atoms with Crippen molar-refractivity contribution in [3.8, 4) is 0 Å². The zero-order chi connectivity index (χ0) is 17.5. The van der Waals surface area contributed by atoms with E-state index < -0.39 is 0 Å². The van der Waals surface area contributed by atoms with E-state index in [-0.39, 0.29) is 5.91 Å². The minimum Gasteiger partial charge on any atom is -0.354 e. The molecule has 6 nitrogen and oxygen atoms in total. The highest BCUT2D eigenvalue weighted by Crippen LogP contribution is 2.27. The number of fused-ring (bicyclic) bond motifs is 2. The summed E-state index contributed by atoms with van der Waals surface area (Å²) >= 11 is 1.55. The van der Waals surface area contributed by atoms with Crippen LogP contribution in [0.5, 0.6) is 0 Å². The van der Waals surface area contributed by atoms with Crippen LogP contribution < -0.4 is 10.2 Å². The van der Waals surface area contributed by atoms with Gasteiger partial charge < -0.3 is 10.2 Å². The van der Waals surface area contributed by atoms with Crippen molar-refractivity contribution >= 4 is 33.3 Å². The van der Waals surface area contributed by atoms with E-state index in [2.05, 4.69) is 31.5 Å². The van der Waals surface area contributed by atoms with E-state index in [0.29, 0.717) is 18.0 Å². The summed E-state index contributed by atoms with van der Waals surface area (Å²) in [6.07, 6.45) is 3.37. The molecule has 0 unspecified atom stereocenters. The van der Waals surface area contributed by atoms with Gasteiger partial charge in [0.15, 0.2) is 5.82 Å². The molecule has 1 N–H and O–H groups in total. The lowest BCUT2D eigenvalue weighted by Gasteiger charge is -2.40. The van der Waals surface area contributed by atoms with Gasteiger partial charge in [0, 0.05) is 31.1 Å². The van der Waals surface area contributed by atoms with Gasteiger partial charge in [-0.2, -0.15) is 5.10 Å². The highest BCUT2D eigenvalue weighted by atomic mass is 32.1. The van der Waals surface area contributed by atoms with Crippen LogP contribution in [-0.2, 0) is 12.8 Å². The summed E-state index contributed by atoms with van der Waals surface area (Å²) in [6, 6.07) is 7.84. The molecular formula is C19H19N5OS. The van der Waals surface area contributed by atoms with Crippen molar-refractivity contribution in [2.75, 3.05) is 24.5 Å². The fraction of sp³-hybridized carbons (Fsp3) is 0.368. The lowest BCUT2D eigenvalue weighted by molar-refractivity contribution is 0.0944. The molecule has 0 bridgehead atoms. The summed E-state index contributed by atoms with van der Waals surface area (Å²) in [5.41, 5.74) is 5.96. The maximum Gasteiger partial charge on any atom is 0.251 e.